The summed E-state index contributed by atoms with van der Waals surface area (Å²) in [7, 11) is 1.64. The SMILES string of the molecule is Cc1cc(NC(=O)C(C)(C)C)sc1C(=O)N(C)CCO. The Hall–Kier alpha value is -1.40. The van der Waals surface area contributed by atoms with Crippen LogP contribution in [0.2, 0.25) is 0 Å². The molecule has 0 aliphatic rings. The molecule has 6 heteroatoms. The molecule has 0 saturated heterocycles. The molecular formula is C14H22N2O3S. The molecular weight excluding hydrogens is 276 g/mol. The van der Waals surface area contributed by atoms with Crippen LogP contribution in [-0.4, -0.2) is 42.0 Å². The fourth-order valence-electron chi connectivity index (χ4n) is 1.48. The first-order chi connectivity index (χ1) is 9.16. The molecule has 2 N–H and O–H groups in total. The van der Waals surface area contributed by atoms with Crippen LogP contribution in [0.25, 0.3) is 0 Å². The highest BCUT2D eigenvalue weighted by molar-refractivity contribution is 7.18. The molecule has 0 aliphatic heterocycles. The zero-order valence-corrected chi connectivity index (χ0v) is 13.4. The van der Waals surface area contributed by atoms with Crippen LogP contribution in [0.1, 0.15) is 36.0 Å². The molecule has 5 nitrogen and oxygen atoms in total. The maximum absolute atomic E-state index is 12.2. The van der Waals surface area contributed by atoms with E-state index in [2.05, 4.69) is 5.32 Å². The van der Waals surface area contributed by atoms with Gasteiger partial charge < -0.3 is 15.3 Å². The molecule has 0 bridgehead atoms. The van der Waals surface area contributed by atoms with E-state index in [1.165, 1.54) is 16.2 Å². The number of thiophene rings is 1. The van der Waals surface area contributed by atoms with Gasteiger partial charge in [0, 0.05) is 19.0 Å². The predicted octanol–water partition coefficient (Wildman–Crippen LogP) is 2.11. The molecule has 2 amide bonds. The number of hydrogen-bond acceptors (Lipinski definition) is 4. The van der Waals surface area contributed by atoms with Gasteiger partial charge in [0.1, 0.15) is 0 Å². The number of nitrogens with zero attached hydrogens (tertiary/aromatic N) is 1. The first-order valence-corrected chi connectivity index (χ1v) is 7.26. The number of amides is 2. The van der Waals surface area contributed by atoms with Gasteiger partial charge in [0.05, 0.1) is 16.5 Å². The van der Waals surface area contributed by atoms with Gasteiger partial charge in [0.25, 0.3) is 5.91 Å². The summed E-state index contributed by atoms with van der Waals surface area (Å²) in [6, 6.07) is 1.80. The number of rotatable bonds is 4. The number of likely N-dealkylation sites (N-methyl/N-ethyl adjacent to an activating group) is 1. The first kappa shape index (κ1) is 16.7. The van der Waals surface area contributed by atoms with Gasteiger partial charge in [-0.15, -0.1) is 11.3 Å². The van der Waals surface area contributed by atoms with Crippen LogP contribution >= 0.6 is 11.3 Å². The molecule has 0 spiro atoms. The summed E-state index contributed by atoms with van der Waals surface area (Å²) in [5, 5.41) is 12.4. The standard InChI is InChI=1S/C14H22N2O3S/c1-9-8-10(15-13(19)14(2,3)4)20-11(9)12(18)16(5)6-7-17/h8,17H,6-7H2,1-5H3,(H,15,19). The highest BCUT2D eigenvalue weighted by Crippen LogP contribution is 2.29. The second kappa shape index (κ2) is 6.37. The Bertz CT molecular complexity index is 503. The number of aliphatic hydroxyl groups is 1. The molecule has 20 heavy (non-hydrogen) atoms. The molecule has 1 aromatic heterocycles. The second-order valence-electron chi connectivity index (χ2n) is 5.78. The van der Waals surface area contributed by atoms with Crippen LogP contribution in [0.4, 0.5) is 5.00 Å². The number of hydrogen-bond donors (Lipinski definition) is 2. The summed E-state index contributed by atoms with van der Waals surface area (Å²) < 4.78 is 0. The minimum Gasteiger partial charge on any atom is -0.395 e. The lowest BCUT2D eigenvalue weighted by Crippen LogP contribution is -2.29. The van der Waals surface area contributed by atoms with Gasteiger partial charge in [-0.05, 0) is 18.6 Å². The van der Waals surface area contributed by atoms with Crippen LogP contribution in [0, 0.1) is 12.3 Å². The first-order valence-electron chi connectivity index (χ1n) is 6.45. The van der Waals surface area contributed by atoms with E-state index < -0.39 is 5.41 Å². The van der Waals surface area contributed by atoms with Gasteiger partial charge in [-0.1, -0.05) is 20.8 Å². The number of aliphatic hydroxyl groups excluding tert-OH is 1. The van der Waals surface area contributed by atoms with E-state index in [1.807, 2.05) is 27.7 Å². The zero-order chi connectivity index (χ0) is 15.5. The molecule has 0 radical (unpaired) electrons. The summed E-state index contributed by atoms with van der Waals surface area (Å²) in [4.78, 5) is 26.1. The topological polar surface area (TPSA) is 69.6 Å². The summed E-state index contributed by atoms with van der Waals surface area (Å²) in [5.74, 6) is -0.223. The molecule has 1 heterocycles. The number of anilines is 1. The average Bonchev–Trinajstić information content (AvgIpc) is 2.68. The quantitative estimate of drug-likeness (QED) is 0.894. The van der Waals surface area contributed by atoms with Crippen molar-refractivity contribution in [2.45, 2.75) is 27.7 Å². The third-order valence-corrected chi connectivity index (χ3v) is 3.95. The minimum atomic E-state index is -0.476. The third-order valence-electron chi connectivity index (χ3n) is 2.81. The van der Waals surface area contributed by atoms with Crippen LogP contribution in [0.5, 0.6) is 0 Å². The number of carbonyl (C=O) groups is 2. The van der Waals surface area contributed by atoms with Crippen molar-refractivity contribution in [1.29, 1.82) is 0 Å². The van der Waals surface area contributed by atoms with Crippen LogP contribution < -0.4 is 5.32 Å². The molecule has 0 unspecified atom stereocenters. The van der Waals surface area contributed by atoms with Crippen LogP contribution in [-0.2, 0) is 4.79 Å². The van der Waals surface area contributed by atoms with E-state index >= 15 is 0 Å². The van der Waals surface area contributed by atoms with E-state index in [1.54, 1.807) is 13.1 Å². The lowest BCUT2D eigenvalue weighted by molar-refractivity contribution is -0.123. The maximum atomic E-state index is 12.2. The Morgan fingerprint density at radius 2 is 2.00 bits per heavy atom. The van der Waals surface area contributed by atoms with Gasteiger partial charge in [0.2, 0.25) is 5.91 Å². The molecule has 112 valence electrons. The van der Waals surface area contributed by atoms with E-state index in [0.717, 1.165) is 5.56 Å². The molecule has 0 fully saturated rings. The fourth-order valence-corrected chi connectivity index (χ4v) is 2.54. The number of aryl methyl sites for hydroxylation is 1. The highest BCUT2D eigenvalue weighted by atomic mass is 32.1. The summed E-state index contributed by atoms with van der Waals surface area (Å²) >= 11 is 1.26. The van der Waals surface area contributed by atoms with Gasteiger partial charge in [0.15, 0.2) is 0 Å². The van der Waals surface area contributed by atoms with E-state index in [4.69, 9.17) is 5.11 Å². The lowest BCUT2D eigenvalue weighted by Gasteiger charge is -2.16. The van der Waals surface area contributed by atoms with Crippen LogP contribution in [0.3, 0.4) is 0 Å². The summed E-state index contributed by atoms with van der Waals surface area (Å²) in [6.07, 6.45) is 0. The molecule has 0 saturated carbocycles. The van der Waals surface area contributed by atoms with E-state index in [-0.39, 0.29) is 18.4 Å². The van der Waals surface area contributed by atoms with Crippen molar-refractivity contribution in [2.24, 2.45) is 5.41 Å². The van der Waals surface area contributed by atoms with Crippen molar-refractivity contribution in [3.05, 3.63) is 16.5 Å². The molecule has 0 aromatic carbocycles. The van der Waals surface area contributed by atoms with Gasteiger partial charge >= 0.3 is 0 Å². The van der Waals surface area contributed by atoms with Crippen molar-refractivity contribution >= 4 is 28.2 Å². The van der Waals surface area contributed by atoms with Gasteiger partial charge in [-0.3, -0.25) is 9.59 Å². The Kier molecular flexibility index (Phi) is 5.30. The molecule has 0 aliphatic carbocycles. The minimum absolute atomic E-state index is 0.0692. The Labute approximate surface area is 123 Å². The van der Waals surface area contributed by atoms with Crippen molar-refractivity contribution in [1.82, 2.24) is 4.90 Å². The predicted molar refractivity (Wildman–Crippen MR) is 81.2 cm³/mol. The normalized spacial score (nSPS) is 11.3. The second-order valence-corrected chi connectivity index (χ2v) is 6.83. The van der Waals surface area contributed by atoms with Crippen molar-refractivity contribution in [3.8, 4) is 0 Å². The number of carbonyl (C=O) groups excluding carboxylic acids is 2. The fraction of sp³-hybridized carbons (Fsp3) is 0.571. The maximum Gasteiger partial charge on any atom is 0.264 e. The monoisotopic (exact) mass is 298 g/mol. The van der Waals surface area contributed by atoms with Crippen molar-refractivity contribution in [2.75, 3.05) is 25.5 Å². The zero-order valence-electron chi connectivity index (χ0n) is 12.6. The van der Waals surface area contributed by atoms with Crippen molar-refractivity contribution < 1.29 is 14.7 Å². The Morgan fingerprint density at radius 3 is 2.50 bits per heavy atom. The molecule has 1 aromatic rings. The molecule has 0 atom stereocenters. The smallest absolute Gasteiger partial charge is 0.264 e. The lowest BCUT2D eigenvalue weighted by atomic mass is 9.96. The van der Waals surface area contributed by atoms with Gasteiger partial charge in [-0.2, -0.15) is 0 Å². The van der Waals surface area contributed by atoms with Gasteiger partial charge in [-0.25, -0.2) is 0 Å². The largest absolute Gasteiger partial charge is 0.395 e. The third kappa shape index (κ3) is 4.05. The highest BCUT2D eigenvalue weighted by Gasteiger charge is 2.23. The van der Waals surface area contributed by atoms with E-state index in [9.17, 15) is 9.59 Å². The van der Waals surface area contributed by atoms with Crippen LogP contribution in [0.15, 0.2) is 6.07 Å². The molecule has 1 rings (SSSR count). The summed E-state index contributed by atoms with van der Waals surface area (Å²) in [6.45, 7) is 7.57. The average molecular weight is 298 g/mol. The van der Waals surface area contributed by atoms with E-state index in [0.29, 0.717) is 16.4 Å². The Morgan fingerprint density at radius 1 is 1.40 bits per heavy atom. The summed E-state index contributed by atoms with van der Waals surface area (Å²) in [5.41, 5.74) is 0.351. The van der Waals surface area contributed by atoms with Crippen molar-refractivity contribution in [3.63, 3.8) is 0 Å². The number of nitrogens with one attached hydrogen (secondary N) is 1. The Balaban J connectivity index is 2.88.